The average molecular weight is 407 g/mol. The number of benzene rings is 1. The summed E-state index contributed by atoms with van der Waals surface area (Å²) in [5.74, 6) is -0.831. The molecule has 0 spiro atoms. The second kappa shape index (κ2) is 7.77. The van der Waals surface area contributed by atoms with Crippen LogP contribution in [0.25, 0.3) is 0 Å². The summed E-state index contributed by atoms with van der Waals surface area (Å²) in [6.45, 7) is 3.38. The van der Waals surface area contributed by atoms with Gasteiger partial charge in [0.15, 0.2) is 0 Å². The number of aromatic nitrogens is 4. The third-order valence-electron chi connectivity index (χ3n) is 4.11. The third kappa shape index (κ3) is 4.17. The molecule has 1 atom stereocenters. The van der Waals surface area contributed by atoms with Crippen LogP contribution < -0.4 is 5.32 Å². The highest BCUT2D eigenvalue weighted by atomic mass is 35.5. The van der Waals surface area contributed by atoms with Gasteiger partial charge in [0.25, 0.3) is 0 Å². The van der Waals surface area contributed by atoms with Gasteiger partial charge in [0, 0.05) is 11.2 Å². The summed E-state index contributed by atoms with van der Waals surface area (Å²) in [5, 5.41) is 22.0. The van der Waals surface area contributed by atoms with Gasteiger partial charge < -0.3 is 5.32 Å². The number of anilines is 1. The lowest BCUT2D eigenvalue weighted by Gasteiger charge is -2.11. The van der Waals surface area contributed by atoms with Gasteiger partial charge in [-0.2, -0.15) is 10.2 Å². The highest BCUT2D eigenvalue weighted by Gasteiger charge is 2.22. The van der Waals surface area contributed by atoms with Crippen molar-refractivity contribution in [2.45, 2.75) is 26.4 Å². The van der Waals surface area contributed by atoms with Crippen LogP contribution in [-0.4, -0.2) is 30.4 Å². The number of rotatable bonds is 6. The summed E-state index contributed by atoms with van der Waals surface area (Å²) in [6.07, 6.45) is 4.28. The minimum absolute atomic E-state index is 0.149. The lowest BCUT2D eigenvalue weighted by atomic mass is 10.2. The van der Waals surface area contributed by atoms with E-state index in [4.69, 9.17) is 11.6 Å². The maximum Gasteiger partial charge on any atom is 0.309 e. The lowest BCUT2D eigenvalue weighted by Crippen LogP contribution is -2.24. The molecule has 0 fully saturated rings. The maximum absolute atomic E-state index is 13.1. The molecule has 1 unspecified atom stereocenters. The van der Waals surface area contributed by atoms with Gasteiger partial charge in [-0.1, -0.05) is 17.7 Å². The monoisotopic (exact) mass is 406 g/mol. The summed E-state index contributed by atoms with van der Waals surface area (Å²) in [6, 6.07) is 3.32. The van der Waals surface area contributed by atoms with Gasteiger partial charge in [-0.05, 0) is 31.5 Å². The molecule has 1 N–H and O–H groups in total. The largest absolute Gasteiger partial charge is 0.322 e. The molecular weight excluding hydrogens is 391 g/mol. The number of carbonyl (C=O) groups excluding carboxylic acids is 1. The maximum atomic E-state index is 13.1. The number of aryl methyl sites for hydroxylation is 1. The van der Waals surface area contributed by atoms with Crippen molar-refractivity contribution in [3.8, 4) is 0 Å². The molecule has 0 bridgehead atoms. The zero-order chi connectivity index (χ0) is 20.4. The van der Waals surface area contributed by atoms with Gasteiger partial charge in [-0.15, -0.1) is 0 Å². The van der Waals surface area contributed by atoms with Crippen LogP contribution in [0.5, 0.6) is 0 Å². The van der Waals surface area contributed by atoms with Crippen LogP contribution in [0.4, 0.5) is 15.8 Å². The van der Waals surface area contributed by atoms with Gasteiger partial charge in [-0.25, -0.2) is 4.39 Å². The Balaban J connectivity index is 1.68. The van der Waals surface area contributed by atoms with Crippen molar-refractivity contribution < 1.29 is 14.1 Å². The molecule has 1 aromatic carbocycles. The van der Waals surface area contributed by atoms with E-state index < -0.39 is 22.7 Å². The van der Waals surface area contributed by atoms with E-state index in [2.05, 4.69) is 15.5 Å². The highest BCUT2D eigenvalue weighted by molar-refractivity contribution is 6.31. The highest BCUT2D eigenvalue weighted by Crippen LogP contribution is 2.21. The molecule has 2 heterocycles. The standard InChI is InChI=1S/C17H16ClFN6O3/c1-10-16(25(27)28)9-24(22-10)11(2)17(26)21-14-6-20-23(8-14)7-12-3-4-13(19)5-15(12)18/h3-6,8-9,11H,7H2,1-2H3,(H,21,26). The van der Waals surface area contributed by atoms with Crippen molar-refractivity contribution in [3.05, 3.63) is 69.0 Å². The summed E-state index contributed by atoms with van der Waals surface area (Å²) < 4.78 is 15.9. The fraction of sp³-hybridized carbons (Fsp3) is 0.235. The van der Waals surface area contributed by atoms with Crippen molar-refractivity contribution in [1.82, 2.24) is 19.6 Å². The molecule has 0 saturated carbocycles. The first-order valence-corrected chi connectivity index (χ1v) is 8.60. The van der Waals surface area contributed by atoms with Crippen LogP contribution in [0.15, 0.2) is 36.8 Å². The van der Waals surface area contributed by atoms with Gasteiger partial charge in [0.2, 0.25) is 5.91 Å². The van der Waals surface area contributed by atoms with Crippen LogP contribution >= 0.6 is 11.6 Å². The van der Waals surface area contributed by atoms with E-state index in [9.17, 15) is 19.3 Å². The second-order valence-electron chi connectivity index (χ2n) is 6.16. The number of nitrogens with zero attached hydrogens (tertiary/aromatic N) is 5. The summed E-state index contributed by atoms with van der Waals surface area (Å²) in [4.78, 5) is 22.8. The van der Waals surface area contributed by atoms with E-state index in [1.165, 1.54) is 36.1 Å². The van der Waals surface area contributed by atoms with E-state index in [1.807, 2.05) is 0 Å². The van der Waals surface area contributed by atoms with Crippen LogP contribution in [0.3, 0.4) is 0 Å². The van der Waals surface area contributed by atoms with Crippen molar-refractivity contribution in [2.75, 3.05) is 5.32 Å². The lowest BCUT2D eigenvalue weighted by molar-refractivity contribution is -0.385. The number of carbonyl (C=O) groups is 1. The Labute approximate surface area is 163 Å². The molecule has 1 amide bonds. The molecule has 0 aliphatic heterocycles. The number of halogens is 2. The van der Waals surface area contributed by atoms with Crippen LogP contribution in [0, 0.1) is 22.9 Å². The molecule has 2 aromatic heterocycles. The van der Waals surface area contributed by atoms with Gasteiger partial charge >= 0.3 is 5.69 Å². The SMILES string of the molecule is Cc1nn(C(C)C(=O)Nc2cnn(Cc3ccc(F)cc3Cl)c2)cc1[N+](=O)[O-]. The first-order chi connectivity index (χ1) is 13.2. The quantitative estimate of drug-likeness (QED) is 0.499. The zero-order valence-corrected chi connectivity index (χ0v) is 15.7. The Bertz CT molecular complexity index is 1050. The molecule has 11 heteroatoms. The van der Waals surface area contributed by atoms with Crippen LogP contribution in [0.1, 0.15) is 24.2 Å². The molecule has 28 heavy (non-hydrogen) atoms. The predicted octanol–water partition coefficient (Wildman–Crippen LogP) is 3.34. The van der Waals surface area contributed by atoms with Crippen molar-refractivity contribution in [2.24, 2.45) is 0 Å². The Morgan fingerprint density at radius 1 is 1.43 bits per heavy atom. The molecule has 146 valence electrons. The number of hydrogen-bond acceptors (Lipinski definition) is 5. The zero-order valence-electron chi connectivity index (χ0n) is 15.0. The van der Waals surface area contributed by atoms with E-state index in [0.29, 0.717) is 17.8 Å². The summed E-state index contributed by atoms with van der Waals surface area (Å²) in [5.41, 5.74) is 1.20. The van der Waals surface area contributed by atoms with Crippen molar-refractivity contribution in [3.63, 3.8) is 0 Å². The molecule has 0 aliphatic rings. The topological polar surface area (TPSA) is 108 Å². The molecule has 0 saturated heterocycles. The fourth-order valence-corrected chi connectivity index (χ4v) is 2.78. The van der Waals surface area contributed by atoms with Crippen LogP contribution in [0.2, 0.25) is 5.02 Å². The molecular formula is C17H16ClFN6O3. The smallest absolute Gasteiger partial charge is 0.309 e. The summed E-state index contributed by atoms with van der Waals surface area (Å²) in [7, 11) is 0. The second-order valence-corrected chi connectivity index (χ2v) is 6.57. The Hall–Kier alpha value is -3.27. The van der Waals surface area contributed by atoms with E-state index >= 15 is 0 Å². The fourth-order valence-electron chi connectivity index (χ4n) is 2.56. The molecule has 0 aliphatic carbocycles. The number of amides is 1. The Kier molecular flexibility index (Phi) is 5.41. The minimum Gasteiger partial charge on any atom is -0.322 e. The summed E-state index contributed by atoms with van der Waals surface area (Å²) >= 11 is 6.01. The first-order valence-electron chi connectivity index (χ1n) is 8.22. The number of nitro groups is 1. The average Bonchev–Trinajstić information content (AvgIpc) is 3.23. The number of hydrogen-bond donors (Lipinski definition) is 1. The first kappa shape index (κ1) is 19.5. The van der Waals surface area contributed by atoms with Crippen molar-refractivity contribution >= 4 is 28.9 Å². The predicted molar refractivity (Wildman–Crippen MR) is 99.7 cm³/mol. The van der Waals surface area contributed by atoms with E-state index in [1.54, 1.807) is 23.9 Å². The molecule has 9 nitrogen and oxygen atoms in total. The Morgan fingerprint density at radius 2 is 2.18 bits per heavy atom. The normalized spacial score (nSPS) is 12.0. The Morgan fingerprint density at radius 3 is 2.82 bits per heavy atom. The van der Waals surface area contributed by atoms with E-state index in [-0.39, 0.29) is 16.4 Å². The third-order valence-corrected chi connectivity index (χ3v) is 4.46. The van der Waals surface area contributed by atoms with Crippen molar-refractivity contribution in [1.29, 1.82) is 0 Å². The molecule has 3 rings (SSSR count). The molecule has 0 radical (unpaired) electrons. The minimum atomic E-state index is -0.762. The van der Waals surface area contributed by atoms with Gasteiger partial charge in [0.05, 0.1) is 23.4 Å². The number of nitrogens with one attached hydrogen (secondary N) is 1. The van der Waals surface area contributed by atoms with Crippen LogP contribution in [-0.2, 0) is 11.3 Å². The molecule has 3 aromatic rings. The van der Waals surface area contributed by atoms with Gasteiger partial charge in [0.1, 0.15) is 23.7 Å². The van der Waals surface area contributed by atoms with Gasteiger partial charge in [-0.3, -0.25) is 24.3 Å². The van der Waals surface area contributed by atoms with E-state index in [0.717, 1.165) is 0 Å².